The molecule has 156 valence electrons. The van der Waals surface area contributed by atoms with E-state index in [1.54, 1.807) is 37.5 Å². The normalized spacial score (nSPS) is 17.7. The maximum atomic E-state index is 12.6. The van der Waals surface area contributed by atoms with Gasteiger partial charge in [0.25, 0.3) is 5.91 Å². The third kappa shape index (κ3) is 4.29. The van der Waals surface area contributed by atoms with E-state index in [-0.39, 0.29) is 11.1 Å². The van der Waals surface area contributed by atoms with Crippen molar-refractivity contribution in [1.82, 2.24) is 0 Å². The van der Waals surface area contributed by atoms with Crippen LogP contribution < -0.4 is 15.0 Å². The molecule has 1 heterocycles. The summed E-state index contributed by atoms with van der Waals surface area (Å²) in [5.41, 5.74) is 3.52. The molecule has 0 saturated carbocycles. The topological polar surface area (TPSA) is 65.4 Å². The second-order valence-corrected chi connectivity index (χ2v) is 8.67. The van der Waals surface area contributed by atoms with E-state index in [0.717, 1.165) is 12.1 Å². The van der Waals surface area contributed by atoms with Gasteiger partial charge in [0, 0.05) is 29.0 Å². The van der Waals surface area contributed by atoms with Crippen LogP contribution in [0, 0.1) is 11.3 Å². The van der Waals surface area contributed by atoms with Gasteiger partial charge in [-0.2, -0.15) is 5.26 Å². The molecule has 2 aromatic rings. The van der Waals surface area contributed by atoms with Gasteiger partial charge in [-0.1, -0.05) is 18.5 Å². The molecule has 0 aliphatic carbocycles. The molecule has 2 aromatic carbocycles. The van der Waals surface area contributed by atoms with E-state index in [0.29, 0.717) is 27.9 Å². The smallest absolute Gasteiger partial charge is 0.266 e. The van der Waals surface area contributed by atoms with Crippen molar-refractivity contribution in [2.45, 2.75) is 38.6 Å². The number of nitrogens with zero attached hydrogens (tertiary/aromatic N) is 2. The molecule has 0 unspecified atom stereocenters. The lowest BCUT2D eigenvalue weighted by molar-refractivity contribution is -0.112. The Bertz CT molecular complexity index is 1040. The average molecular weight is 424 g/mol. The first-order valence-corrected chi connectivity index (χ1v) is 10.2. The molecule has 0 bridgehead atoms. The minimum atomic E-state index is -0.484. The quantitative estimate of drug-likeness (QED) is 0.512. The Morgan fingerprint density at radius 2 is 2.00 bits per heavy atom. The number of amides is 1. The van der Waals surface area contributed by atoms with E-state index in [4.69, 9.17) is 16.3 Å². The number of nitriles is 1. The zero-order valence-electron chi connectivity index (χ0n) is 17.9. The molecule has 3 rings (SSSR count). The van der Waals surface area contributed by atoms with Crippen molar-refractivity contribution in [3.63, 3.8) is 0 Å². The number of halogens is 1. The molecule has 0 saturated heterocycles. The number of carbonyl (C=O) groups excluding carboxylic acids is 1. The van der Waals surface area contributed by atoms with Crippen LogP contribution in [0.25, 0.3) is 6.08 Å². The lowest BCUT2D eigenvalue weighted by atomic mass is 9.80. The maximum Gasteiger partial charge on any atom is 0.266 e. The highest BCUT2D eigenvalue weighted by Crippen LogP contribution is 2.44. The summed E-state index contributed by atoms with van der Waals surface area (Å²) >= 11 is 6.54. The standard InChI is InChI=1S/C24H26ClN3O2/c1-15-13-24(2,3)28(4)22-12-21(25)16(11-20(15)22)10-17(14-26)23(29)27-18-6-8-19(30-5)9-7-18/h6-12,15H,13H2,1-5H3,(H,27,29)/b17-10-/t15-/m0/s1. The fraction of sp³-hybridized carbons (Fsp3) is 0.333. The lowest BCUT2D eigenvalue weighted by Gasteiger charge is -2.45. The van der Waals surface area contributed by atoms with Crippen molar-refractivity contribution in [3.8, 4) is 11.8 Å². The van der Waals surface area contributed by atoms with Crippen LogP contribution in [0.1, 0.15) is 44.2 Å². The summed E-state index contributed by atoms with van der Waals surface area (Å²) in [6.45, 7) is 6.62. The van der Waals surface area contributed by atoms with Crippen molar-refractivity contribution >= 4 is 35.0 Å². The molecule has 5 nitrogen and oxygen atoms in total. The lowest BCUT2D eigenvalue weighted by Crippen LogP contribution is -2.45. The maximum absolute atomic E-state index is 12.6. The number of hydrogen-bond acceptors (Lipinski definition) is 4. The van der Waals surface area contributed by atoms with Gasteiger partial charge in [0.2, 0.25) is 0 Å². The number of anilines is 2. The van der Waals surface area contributed by atoms with Crippen molar-refractivity contribution in [2.24, 2.45) is 0 Å². The van der Waals surface area contributed by atoms with Crippen molar-refractivity contribution in [3.05, 3.63) is 58.1 Å². The Kier molecular flexibility index (Phi) is 6.09. The molecule has 1 aliphatic heterocycles. The van der Waals surface area contributed by atoms with Crippen LogP contribution in [0.5, 0.6) is 5.75 Å². The predicted molar refractivity (Wildman–Crippen MR) is 122 cm³/mol. The number of fused-ring (bicyclic) bond motifs is 1. The molecule has 30 heavy (non-hydrogen) atoms. The minimum absolute atomic E-state index is 0.00943. The van der Waals surface area contributed by atoms with E-state index in [1.807, 2.05) is 18.2 Å². The highest BCUT2D eigenvalue weighted by molar-refractivity contribution is 6.32. The number of carbonyl (C=O) groups is 1. The largest absolute Gasteiger partial charge is 0.497 e. The molecule has 1 amide bonds. The fourth-order valence-corrected chi connectivity index (χ4v) is 4.10. The monoisotopic (exact) mass is 423 g/mol. The summed E-state index contributed by atoms with van der Waals surface area (Å²) in [7, 11) is 3.64. The summed E-state index contributed by atoms with van der Waals surface area (Å²) < 4.78 is 5.11. The third-order valence-corrected chi connectivity index (χ3v) is 6.09. The van der Waals surface area contributed by atoms with Gasteiger partial charge in [-0.25, -0.2) is 0 Å². The Balaban J connectivity index is 1.91. The van der Waals surface area contributed by atoms with Crippen LogP contribution in [0.4, 0.5) is 11.4 Å². The van der Waals surface area contributed by atoms with Gasteiger partial charge in [-0.05, 0) is 79.8 Å². The summed E-state index contributed by atoms with van der Waals surface area (Å²) in [6, 6.07) is 12.8. The van der Waals surface area contributed by atoms with Gasteiger partial charge < -0.3 is 15.0 Å². The van der Waals surface area contributed by atoms with Gasteiger partial charge in [-0.3, -0.25) is 4.79 Å². The molecule has 0 fully saturated rings. The van der Waals surface area contributed by atoms with Crippen LogP contribution in [0.2, 0.25) is 5.02 Å². The average Bonchev–Trinajstić information content (AvgIpc) is 2.71. The van der Waals surface area contributed by atoms with E-state index in [1.165, 1.54) is 5.56 Å². The number of benzene rings is 2. The van der Waals surface area contributed by atoms with E-state index < -0.39 is 5.91 Å². The molecular weight excluding hydrogens is 398 g/mol. The first-order valence-electron chi connectivity index (χ1n) is 9.80. The van der Waals surface area contributed by atoms with Crippen molar-refractivity contribution in [1.29, 1.82) is 5.26 Å². The minimum Gasteiger partial charge on any atom is -0.497 e. The summed E-state index contributed by atoms with van der Waals surface area (Å²) in [5, 5.41) is 12.8. The second-order valence-electron chi connectivity index (χ2n) is 8.26. The zero-order valence-corrected chi connectivity index (χ0v) is 18.7. The van der Waals surface area contributed by atoms with Gasteiger partial charge in [0.1, 0.15) is 17.4 Å². The van der Waals surface area contributed by atoms with Crippen LogP contribution in [-0.4, -0.2) is 25.6 Å². The Morgan fingerprint density at radius 1 is 1.33 bits per heavy atom. The van der Waals surface area contributed by atoms with Crippen molar-refractivity contribution in [2.75, 3.05) is 24.4 Å². The van der Waals surface area contributed by atoms with E-state index in [2.05, 4.69) is 38.0 Å². The summed E-state index contributed by atoms with van der Waals surface area (Å²) in [6.07, 6.45) is 2.55. The SMILES string of the molecule is COc1ccc(NC(=O)/C(C#N)=C\c2cc3c(cc2Cl)N(C)C(C)(C)C[C@@H]3C)cc1. The number of rotatable bonds is 4. The van der Waals surface area contributed by atoms with Gasteiger partial charge in [0.15, 0.2) is 0 Å². The molecule has 1 atom stereocenters. The fourth-order valence-electron chi connectivity index (χ4n) is 3.89. The Labute approximate surface area is 182 Å². The first kappa shape index (κ1) is 21.7. The molecule has 0 aromatic heterocycles. The number of hydrogen-bond donors (Lipinski definition) is 1. The molecular formula is C24H26ClN3O2. The molecule has 0 radical (unpaired) electrons. The van der Waals surface area contributed by atoms with Crippen molar-refractivity contribution < 1.29 is 9.53 Å². The van der Waals surface area contributed by atoms with E-state index in [9.17, 15) is 10.1 Å². The second kappa shape index (κ2) is 8.41. The zero-order chi connectivity index (χ0) is 22.1. The summed E-state index contributed by atoms with van der Waals surface area (Å²) in [5.74, 6) is 0.546. The highest BCUT2D eigenvalue weighted by atomic mass is 35.5. The highest BCUT2D eigenvalue weighted by Gasteiger charge is 2.34. The van der Waals surface area contributed by atoms with Crippen LogP contribution in [0.3, 0.4) is 0 Å². The van der Waals surface area contributed by atoms with Gasteiger partial charge in [0.05, 0.1) is 7.11 Å². The number of methoxy groups -OCH3 is 1. The first-order chi connectivity index (χ1) is 14.2. The van der Waals surface area contributed by atoms with Crippen LogP contribution >= 0.6 is 11.6 Å². The molecule has 6 heteroatoms. The predicted octanol–water partition coefficient (Wildman–Crippen LogP) is 5.62. The molecule has 1 aliphatic rings. The number of ether oxygens (including phenoxy) is 1. The Hall–Kier alpha value is -2.97. The third-order valence-electron chi connectivity index (χ3n) is 5.76. The van der Waals surface area contributed by atoms with Crippen LogP contribution in [-0.2, 0) is 4.79 Å². The van der Waals surface area contributed by atoms with E-state index >= 15 is 0 Å². The molecule has 0 spiro atoms. The summed E-state index contributed by atoms with van der Waals surface area (Å²) in [4.78, 5) is 14.9. The van der Waals surface area contributed by atoms with Gasteiger partial charge >= 0.3 is 0 Å². The molecule has 1 N–H and O–H groups in total. The number of nitrogens with one attached hydrogen (secondary N) is 1. The van der Waals surface area contributed by atoms with Crippen LogP contribution in [0.15, 0.2) is 42.0 Å². The Morgan fingerprint density at radius 3 is 2.60 bits per heavy atom. The van der Waals surface area contributed by atoms with Gasteiger partial charge in [-0.15, -0.1) is 0 Å².